The summed E-state index contributed by atoms with van der Waals surface area (Å²) in [6.45, 7) is 1.44. The first-order chi connectivity index (χ1) is 12.1. The Hall–Kier alpha value is -2.36. The highest BCUT2D eigenvalue weighted by Crippen LogP contribution is 2.22. The fraction of sp³-hybridized carbons (Fsp3) is 0.375. The fourth-order valence-corrected chi connectivity index (χ4v) is 2.80. The maximum atomic E-state index is 12.2. The van der Waals surface area contributed by atoms with Gasteiger partial charge in [0.25, 0.3) is 0 Å². The predicted octanol–water partition coefficient (Wildman–Crippen LogP) is -0.669. The van der Waals surface area contributed by atoms with E-state index in [-0.39, 0.29) is 6.42 Å². The molecule has 25 heavy (non-hydrogen) atoms. The Labute approximate surface area is 144 Å². The molecule has 2 aromatic rings. The molecule has 1 aliphatic rings. The van der Waals surface area contributed by atoms with Crippen LogP contribution < -0.4 is 5.32 Å². The van der Waals surface area contributed by atoms with Crippen molar-refractivity contribution >= 4 is 29.9 Å². The zero-order valence-corrected chi connectivity index (χ0v) is 13.6. The summed E-state index contributed by atoms with van der Waals surface area (Å²) in [6.07, 6.45) is 1.63. The van der Waals surface area contributed by atoms with E-state index in [0.717, 1.165) is 5.39 Å². The maximum absolute atomic E-state index is 12.2. The number of fused-ring (bicyclic) bond motifs is 1. The van der Waals surface area contributed by atoms with E-state index in [1.54, 1.807) is 6.07 Å². The van der Waals surface area contributed by atoms with Gasteiger partial charge in [-0.3, -0.25) is 9.59 Å². The molecule has 3 N–H and O–H groups in total. The van der Waals surface area contributed by atoms with Gasteiger partial charge in [-0.25, -0.2) is 0 Å². The highest BCUT2D eigenvalue weighted by atomic mass is 16.5. The smallest absolute Gasteiger partial charge is 0.464 e. The average molecular weight is 346 g/mol. The van der Waals surface area contributed by atoms with Crippen LogP contribution in [0.3, 0.4) is 0 Å². The highest BCUT2D eigenvalue weighted by Gasteiger charge is 2.31. The number of hydrogen-bond acceptors (Lipinski definition) is 6. The number of amides is 2. The minimum absolute atomic E-state index is 0.122. The van der Waals surface area contributed by atoms with Crippen molar-refractivity contribution < 1.29 is 28.8 Å². The van der Waals surface area contributed by atoms with Gasteiger partial charge < -0.3 is 29.4 Å². The van der Waals surface area contributed by atoms with Gasteiger partial charge in [-0.1, -0.05) is 18.2 Å². The summed E-state index contributed by atoms with van der Waals surface area (Å²) in [5.74, 6) is -2.60. The highest BCUT2D eigenvalue weighted by molar-refractivity contribution is 6.45. The van der Waals surface area contributed by atoms with Gasteiger partial charge in [0.05, 0.1) is 25.4 Å². The molecule has 2 amide bonds. The van der Waals surface area contributed by atoms with Crippen molar-refractivity contribution in [1.82, 2.24) is 10.2 Å². The van der Waals surface area contributed by atoms with Crippen molar-refractivity contribution in [3.63, 3.8) is 0 Å². The molecule has 9 heteroatoms. The predicted molar refractivity (Wildman–Crippen MR) is 89.4 cm³/mol. The number of ether oxygens (including phenoxy) is 1. The lowest BCUT2D eigenvalue weighted by Gasteiger charge is -2.27. The molecule has 1 saturated heterocycles. The molecule has 3 rings (SSSR count). The van der Waals surface area contributed by atoms with E-state index < -0.39 is 24.9 Å². The largest absolute Gasteiger partial charge is 0.475 e. The van der Waals surface area contributed by atoms with Gasteiger partial charge >= 0.3 is 18.9 Å². The van der Waals surface area contributed by atoms with Crippen molar-refractivity contribution in [2.45, 2.75) is 12.4 Å². The first kappa shape index (κ1) is 17.5. The number of carbonyl (C=O) groups excluding carboxylic acids is 2. The molecular weight excluding hydrogens is 327 g/mol. The molecule has 1 fully saturated rings. The zero-order valence-electron chi connectivity index (χ0n) is 13.6. The van der Waals surface area contributed by atoms with Crippen LogP contribution in [0.15, 0.2) is 34.9 Å². The lowest BCUT2D eigenvalue weighted by Crippen LogP contribution is -2.54. The third kappa shape index (κ3) is 4.01. The van der Waals surface area contributed by atoms with Gasteiger partial charge in [0.2, 0.25) is 0 Å². The number of nitrogens with one attached hydrogen (secondary N) is 1. The van der Waals surface area contributed by atoms with Gasteiger partial charge in [0.15, 0.2) is 0 Å². The Balaban J connectivity index is 1.68. The van der Waals surface area contributed by atoms with E-state index >= 15 is 0 Å². The number of hydrogen-bond donors (Lipinski definition) is 3. The van der Waals surface area contributed by atoms with Crippen LogP contribution in [0.4, 0.5) is 0 Å². The third-order valence-corrected chi connectivity index (χ3v) is 4.17. The summed E-state index contributed by atoms with van der Waals surface area (Å²) < 4.78 is 10.6. The normalized spacial score (nSPS) is 15.8. The fourth-order valence-electron chi connectivity index (χ4n) is 2.80. The van der Waals surface area contributed by atoms with E-state index in [2.05, 4.69) is 5.32 Å². The molecule has 8 nitrogen and oxygen atoms in total. The molecular formula is C16H19BN2O6. The maximum Gasteiger partial charge on any atom is 0.475 e. The molecule has 0 saturated carbocycles. The van der Waals surface area contributed by atoms with Crippen molar-refractivity contribution in [2.24, 2.45) is 0 Å². The summed E-state index contributed by atoms with van der Waals surface area (Å²) in [4.78, 5) is 25.7. The van der Waals surface area contributed by atoms with Crippen LogP contribution in [0.25, 0.3) is 11.0 Å². The van der Waals surface area contributed by atoms with Gasteiger partial charge in [-0.2, -0.15) is 0 Å². The topological polar surface area (TPSA) is 112 Å². The summed E-state index contributed by atoms with van der Waals surface area (Å²) in [5, 5.41) is 22.4. The molecule has 0 bridgehead atoms. The summed E-state index contributed by atoms with van der Waals surface area (Å²) in [5.41, 5.74) is 1.38. The van der Waals surface area contributed by atoms with E-state index in [0.29, 0.717) is 37.4 Å². The van der Waals surface area contributed by atoms with Gasteiger partial charge in [0.1, 0.15) is 5.58 Å². The monoisotopic (exact) mass is 346 g/mol. The van der Waals surface area contributed by atoms with Crippen LogP contribution in [-0.2, 0) is 20.7 Å². The number of carbonyl (C=O) groups is 2. The Morgan fingerprint density at radius 2 is 1.96 bits per heavy atom. The quantitative estimate of drug-likeness (QED) is 0.500. The minimum Gasteiger partial charge on any atom is -0.464 e. The Morgan fingerprint density at radius 1 is 1.24 bits per heavy atom. The summed E-state index contributed by atoms with van der Waals surface area (Å²) in [6, 6.07) is 7.31. The molecule has 0 radical (unpaired) electrons. The summed E-state index contributed by atoms with van der Waals surface area (Å²) in [7, 11) is -1.81. The standard InChI is InChI=1S/C16H19BN2O6/c20-15(16(21)19-5-7-24-8-6-19)18-14(17(22)23)9-11-10-25-13-4-2-1-3-12(11)13/h1-4,10,14,22-23H,5-9H2,(H,18,20). The lowest BCUT2D eigenvalue weighted by molar-refractivity contribution is -0.148. The summed E-state index contributed by atoms with van der Waals surface area (Å²) >= 11 is 0. The lowest BCUT2D eigenvalue weighted by atomic mass is 9.76. The second-order valence-corrected chi connectivity index (χ2v) is 5.86. The van der Waals surface area contributed by atoms with Crippen molar-refractivity contribution in [3.8, 4) is 0 Å². The average Bonchev–Trinajstić information content (AvgIpc) is 3.04. The number of benzene rings is 1. The van der Waals surface area contributed by atoms with E-state index in [4.69, 9.17) is 9.15 Å². The van der Waals surface area contributed by atoms with Gasteiger partial charge in [0, 0.05) is 18.5 Å². The molecule has 1 unspecified atom stereocenters. The van der Waals surface area contributed by atoms with Crippen LogP contribution in [0, 0.1) is 0 Å². The molecule has 0 spiro atoms. The molecule has 1 aromatic heterocycles. The molecule has 2 heterocycles. The first-order valence-electron chi connectivity index (χ1n) is 8.05. The number of para-hydroxylation sites is 1. The minimum atomic E-state index is -1.81. The van der Waals surface area contributed by atoms with Crippen LogP contribution in [0.2, 0.25) is 0 Å². The van der Waals surface area contributed by atoms with Crippen LogP contribution in [0.1, 0.15) is 5.56 Å². The molecule has 1 aliphatic heterocycles. The van der Waals surface area contributed by atoms with Crippen LogP contribution in [-0.4, -0.2) is 66.1 Å². The number of morpholine rings is 1. The molecule has 1 atom stereocenters. The van der Waals surface area contributed by atoms with Gasteiger partial charge in [-0.15, -0.1) is 0 Å². The number of rotatable bonds is 4. The van der Waals surface area contributed by atoms with E-state index in [1.165, 1.54) is 11.2 Å². The molecule has 132 valence electrons. The Morgan fingerprint density at radius 3 is 2.68 bits per heavy atom. The number of nitrogens with zero attached hydrogens (tertiary/aromatic N) is 1. The second kappa shape index (κ2) is 7.69. The number of furan rings is 1. The van der Waals surface area contributed by atoms with Crippen LogP contribution in [0.5, 0.6) is 0 Å². The zero-order chi connectivity index (χ0) is 17.8. The Kier molecular flexibility index (Phi) is 5.37. The first-order valence-corrected chi connectivity index (χ1v) is 8.05. The van der Waals surface area contributed by atoms with E-state index in [1.807, 2.05) is 18.2 Å². The third-order valence-electron chi connectivity index (χ3n) is 4.17. The molecule has 1 aromatic carbocycles. The van der Waals surface area contributed by atoms with Crippen molar-refractivity contribution in [2.75, 3.05) is 26.3 Å². The van der Waals surface area contributed by atoms with Crippen LogP contribution >= 0.6 is 0 Å². The second-order valence-electron chi connectivity index (χ2n) is 5.86. The Bertz CT molecular complexity index is 756. The van der Waals surface area contributed by atoms with Crippen molar-refractivity contribution in [1.29, 1.82) is 0 Å². The SMILES string of the molecule is O=C(NC(Cc1coc2ccccc12)B(O)O)C(=O)N1CCOCC1. The van der Waals surface area contributed by atoms with Gasteiger partial charge in [-0.05, 0) is 18.1 Å². The molecule has 0 aliphatic carbocycles. The van der Waals surface area contributed by atoms with Crippen molar-refractivity contribution in [3.05, 3.63) is 36.1 Å². The van der Waals surface area contributed by atoms with E-state index in [9.17, 15) is 19.6 Å².